The molecule has 6 nitrogen and oxygen atoms in total. The number of non-ortho nitro benzene ring substituents is 1. The van der Waals surface area contributed by atoms with Crippen LogP contribution in [0.25, 0.3) is 0 Å². The van der Waals surface area contributed by atoms with E-state index in [9.17, 15) is 14.9 Å². The molecule has 7 heteroatoms. The summed E-state index contributed by atoms with van der Waals surface area (Å²) in [6, 6.07) is 6.08. The fourth-order valence-corrected chi connectivity index (χ4v) is 1.73. The summed E-state index contributed by atoms with van der Waals surface area (Å²) in [4.78, 5) is 21.9. The van der Waals surface area contributed by atoms with E-state index >= 15 is 0 Å². The van der Waals surface area contributed by atoms with Crippen molar-refractivity contribution in [2.24, 2.45) is 0 Å². The van der Waals surface area contributed by atoms with Gasteiger partial charge < -0.3 is 10.6 Å². The van der Waals surface area contributed by atoms with E-state index in [0.29, 0.717) is 6.42 Å². The zero-order valence-corrected chi connectivity index (χ0v) is 12.4. The number of hydrogen-bond acceptors (Lipinski definition) is 4. The highest BCUT2D eigenvalue weighted by Gasteiger charge is 2.12. The van der Waals surface area contributed by atoms with Crippen molar-refractivity contribution in [3.63, 3.8) is 0 Å². The van der Waals surface area contributed by atoms with Crippen molar-refractivity contribution >= 4 is 24.0 Å². The van der Waals surface area contributed by atoms with Crippen molar-refractivity contribution in [3.05, 3.63) is 39.9 Å². The molecule has 112 valence electrons. The van der Waals surface area contributed by atoms with Gasteiger partial charge in [-0.25, -0.2) is 0 Å². The van der Waals surface area contributed by atoms with Gasteiger partial charge in [0.2, 0.25) is 5.91 Å². The van der Waals surface area contributed by atoms with Gasteiger partial charge in [0.25, 0.3) is 5.69 Å². The fraction of sp³-hybridized carbons (Fsp3) is 0.462. The lowest BCUT2D eigenvalue weighted by molar-refractivity contribution is -0.384. The van der Waals surface area contributed by atoms with Crippen LogP contribution in [0.5, 0.6) is 0 Å². The molecule has 0 aromatic heterocycles. The number of nitro benzene ring substituents is 1. The van der Waals surface area contributed by atoms with E-state index < -0.39 is 4.92 Å². The zero-order chi connectivity index (χ0) is 14.3. The number of amides is 1. The Morgan fingerprint density at radius 2 is 2.15 bits per heavy atom. The monoisotopic (exact) mass is 301 g/mol. The Kier molecular flexibility index (Phi) is 8.51. The molecule has 1 aromatic carbocycles. The molecule has 0 saturated heterocycles. The minimum absolute atomic E-state index is 0. The Labute approximate surface area is 124 Å². The molecule has 0 bridgehead atoms. The maximum atomic E-state index is 11.6. The number of carbonyl (C=O) groups is 1. The molecule has 1 rings (SSSR count). The van der Waals surface area contributed by atoms with Crippen LogP contribution in [0, 0.1) is 10.1 Å². The standard InChI is InChI=1S/C13H19N3O3.ClH/c1-10(15-13(17)7-4-8-14-2)11-5-3-6-12(9-11)16(18)19;/h3,5-6,9-10,14H,4,7-8H2,1-2H3,(H,15,17);1H. The minimum atomic E-state index is -0.440. The van der Waals surface area contributed by atoms with Gasteiger partial charge in [0.05, 0.1) is 11.0 Å². The Balaban J connectivity index is 0.00000361. The number of benzene rings is 1. The Morgan fingerprint density at radius 1 is 1.45 bits per heavy atom. The molecule has 0 fully saturated rings. The van der Waals surface area contributed by atoms with Gasteiger partial charge in [-0.05, 0) is 32.5 Å². The molecule has 0 saturated carbocycles. The SMILES string of the molecule is CNCCCC(=O)NC(C)c1cccc([N+](=O)[O-])c1.Cl. The Hall–Kier alpha value is -1.66. The van der Waals surface area contributed by atoms with E-state index in [2.05, 4.69) is 10.6 Å². The fourth-order valence-electron chi connectivity index (χ4n) is 1.73. The second-order valence-electron chi connectivity index (χ2n) is 4.35. The van der Waals surface area contributed by atoms with Crippen molar-refractivity contribution < 1.29 is 9.72 Å². The molecule has 1 amide bonds. The molecule has 20 heavy (non-hydrogen) atoms. The first kappa shape index (κ1) is 18.3. The van der Waals surface area contributed by atoms with Crippen LogP contribution in [0.4, 0.5) is 5.69 Å². The van der Waals surface area contributed by atoms with E-state index in [-0.39, 0.29) is 30.0 Å². The van der Waals surface area contributed by atoms with Gasteiger partial charge in [-0.1, -0.05) is 12.1 Å². The maximum absolute atomic E-state index is 11.6. The second kappa shape index (κ2) is 9.28. The van der Waals surface area contributed by atoms with Gasteiger partial charge in [-0.2, -0.15) is 0 Å². The van der Waals surface area contributed by atoms with Crippen molar-refractivity contribution in [2.45, 2.75) is 25.8 Å². The highest BCUT2D eigenvalue weighted by atomic mass is 35.5. The van der Waals surface area contributed by atoms with Crippen LogP contribution in [-0.2, 0) is 4.79 Å². The molecule has 1 unspecified atom stereocenters. The van der Waals surface area contributed by atoms with Crippen LogP contribution in [0.1, 0.15) is 31.4 Å². The second-order valence-corrected chi connectivity index (χ2v) is 4.35. The molecule has 2 N–H and O–H groups in total. The van der Waals surface area contributed by atoms with Gasteiger partial charge in [-0.15, -0.1) is 12.4 Å². The van der Waals surface area contributed by atoms with Gasteiger partial charge >= 0.3 is 0 Å². The third kappa shape index (κ3) is 5.99. The van der Waals surface area contributed by atoms with E-state index in [4.69, 9.17) is 0 Å². The predicted octanol–water partition coefficient (Wildman–Crippen LogP) is 2.19. The first-order valence-corrected chi connectivity index (χ1v) is 6.23. The zero-order valence-electron chi connectivity index (χ0n) is 11.6. The number of halogens is 1. The summed E-state index contributed by atoms with van der Waals surface area (Å²) in [6.07, 6.45) is 1.21. The summed E-state index contributed by atoms with van der Waals surface area (Å²) in [5.74, 6) is -0.0470. The lowest BCUT2D eigenvalue weighted by atomic mass is 10.1. The number of rotatable bonds is 7. The maximum Gasteiger partial charge on any atom is 0.269 e. The number of hydrogen-bond donors (Lipinski definition) is 2. The summed E-state index contributed by atoms with van der Waals surface area (Å²) in [7, 11) is 1.84. The lowest BCUT2D eigenvalue weighted by Crippen LogP contribution is -2.27. The average Bonchev–Trinajstić information content (AvgIpc) is 2.39. The summed E-state index contributed by atoms with van der Waals surface area (Å²) in [6.45, 7) is 2.60. The number of nitrogens with zero attached hydrogens (tertiary/aromatic N) is 1. The topological polar surface area (TPSA) is 84.3 Å². The highest BCUT2D eigenvalue weighted by molar-refractivity contribution is 5.85. The first-order valence-electron chi connectivity index (χ1n) is 6.23. The molecule has 1 aromatic rings. The molecule has 0 spiro atoms. The summed E-state index contributed by atoms with van der Waals surface area (Å²) in [5, 5.41) is 16.5. The quantitative estimate of drug-likeness (QED) is 0.459. The molecule has 1 atom stereocenters. The van der Waals surface area contributed by atoms with Crippen molar-refractivity contribution in [2.75, 3.05) is 13.6 Å². The van der Waals surface area contributed by atoms with E-state index in [1.807, 2.05) is 14.0 Å². The van der Waals surface area contributed by atoms with Crippen LogP contribution in [0.15, 0.2) is 24.3 Å². The largest absolute Gasteiger partial charge is 0.350 e. The highest BCUT2D eigenvalue weighted by Crippen LogP contribution is 2.18. The molecule has 0 radical (unpaired) electrons. The van der Waals surface area contributed by atoms with Crippen molar-refractivity contribution in [1.82, 2.24) is 10.6 Å². The third-order valence-corrected chi connectivity index (χ3v) is 2.79. The summed E-state index contributed by atoms with van der Waals surface area (Å²) < 4.78 is 0. The van der Waals surface area contributed by atoms with Gasteiger partial charge in [-0.3, -0.25) is 14.9 Å². The normalized spacial score (nSPS) is 11.3. The number of nitrogens with one attached hydrogen (secondary N) is 2. The van der Waals surface area contributed by atoms with Gasteiger partial charge in [0.1, 0.15) is 0 Å². The average molecular weight is 302 g/mol. The van der Waals surface area contributed by atoms with Gasteiger partial charge in [0.15, 0.2) is 0 Å². The summed E-state index contributed by atoms with van der Waals surface area (Å²) in [5.41, 5.74) is 0.768. The third-order valence-electron chi connectivity index (χ3n) is 2.79. The van der Waals surface area contributed by atoms with E-state index in [0.717, 1.165) is 18.5 Å². The molecular weight excluding hydrogens is 282 g/mol. The van der Waals surface area contributed by atoms with Crippen molar-refractivity contribution in [3.8, 4) is 0 Å². The minimum Gasteiger partial charge on any atom is -0.350 e. The lowest BCUT2D eigenvalue weighted by Gasteiger charge is -2.14. The van der Waals surface area contributed by atoms with Crippen molar-refractivity contribution in [1.29, 1.82) is 0 Å². The van der Waals surface area contributed by atoms with E-state index in [1.54, 1.807) is 12.1 Å². The molecule has 0 aliphatic heterocycles. The van der Waals surface area contributed by atoms with Crippen LogP contribution in [0.2, 0.25) is 0 Å². The molecule has 0 heterocycles. The molecule has 0 aliphatic carbocycles. The number of carbonyl (C=O) groups excluding carboxylic acids is 1. The Bertz CT molecular complexity index is 454. The summed E-state index contributed by atoms with van der Waals surface area (Å²) >= 11 is 0. The van der Waals surface area contributed by atoms with Crippen LogP contribution < -0.4 is 10.6 Å². The number of nitro groups is 1. The smallest absolute Gasteiger partial charge is 0.269 e. The van der Waals surface area contributed by atoms with Gasteiger partial charge in [0, 0.05) is 18.6 Å². The van der Waals surface area contributed by atoms with E-state index in [1.165, 1.54) is 12.1 Å². The van der Waals surface area contributed by atoms with Crippen LogP contribution >= 0.6 is 12.4 Å². The molecular formula is C13H20ClN3O3. The van der Waals surface area contributed by atoms with Crippen LogP contribution in [-0.4, -0.2) is 24.4 Å². The Morgan fingerprint density at radius 3 is 2.75 bits per heavy atom. The predicted molar refractivity (Wildman–Crippen MR) is 80.1 cm³/mol. The first-order chi connectivity index (χ1) is 9.04. The molecule has 0 aliphatic rings. The van der Waals surface area contributed by atoms with Crippen LogP contribution in [0.3, 0.4) is 0 Å².